The van der Waals surface area contributed by atoms with Crippen molar-refractivity contribution in [2.24, 2.45) is 11.8 Å². The summed E-state index contributed by atoms with van der Waals surface area (Å²) < 4.78 is 39.5. The molecule has 0 radical (unpaired) electrons. The van der Waals surface area contributed by atoms with Gasteiger partial charge in [0, 0.05) is 31.0 Å². The largest absolute Gasteiger partial charge is 0.469 e. The number of carbonyl (C=O) groups is 2. The first-order chi connectivity index (χ1) is 20.2. The maximum atomic E-state index is 13.3. The molecule has 5 rings (SSSR count). The molecule has 1 amide bonds. The van der Waals surface area contributed by atoms with Crippen LogP contribution in [0, 0.1) is 22.0 Å². The number of methoxy groups -OCH3 is 1. The van der Waals surface area contributed by atoms with Gasteiger partial charge >= 0.3 is 5.97 Å². The third-order valence-electron chi connectivity index (χ3n) is 8.60. The molecule has 1 N–H and O–H groups in total. The van der Waals surface area contributed by atoms with Crippen LogP contribution in [0.2, 0.25) is 0 Å². The molecule has 226 valence electrons. The Balaban J connectivity index is 1.22. The zero-order valence-corrected chi connectivity index (χ0v) is 24.5. The van der Waals surface area contributed by atoms with Crippen LogP contribution in [0.5, 0.6) is 0 Å². The fraction of sp³-hybridized carbons (Fsp3) is 0.533. The molecule has 0 aromatic heterocycles. The number of sulfonamides is 1. The molecule has 0 unspecified atom stereocenters. The van der Waals surface area contributed by atoms with Gasteiger partial charge in [0.25, 0.3) is 5.69 Å². The van der Waals surface area contributed by atoms with Crippen LogP contribution in [-0.2, 0) is 35.5 Å². The lowest BCUT2D eigenvalue weighted by atomic mass is 9.85. The average molecular weight is 600 g/mol. The van der Waals surface area contributed by atoms with Crippen molar-refractivity contribution in [1.29, 1.82) is 0 Å². The van der Waals surface area contributed by atoms with Crippen molar-refractivity contribution >= 4 is 27.6 Å². The van der Waals surface area contributed by atoms with E-state index in [4.69, 9.17) is 4.74 Å². The number of hydrogen-bond acceptors (Lipinski definition) is 8. The van der Waals surface area contributed by atoms with Crippen molar-refractivity contribution in [3.8, 4) is 11.1 Å². The van der Waals surface area contributed by atoms with Gasteiger partial charge in [-0.25, -0.2) is 13.1 Å². The first kappa shape index (κ1) is 30.1. The zero-order chi connectivity index (χ0) is 29.9. The Morgan fingerprint density at radius 3 is 2.43 bits per heavy atom. The number of nitro benzene ring substituents is 1. The molecule has 1 aliphatic heterocycles. The van der Waals surface area contributed by atoms with Crippen LogP contribution in [0.3, 0.4) is 0 Å². The van der Waals surface area contributed by atoms with Gasteiger partial charge in [-0.05, 0) is 74.1 Å². The molecule has 1 atom stereocenters. The minimum absolute atomic E-state index is 0.127. The predicted octanol–water partition coefficient (Wildman–Crippen LogP) is 3.84. The number of nitrogens with one attached hydrogen (secondary N) is 1. The van der Waals surface area contributed by atoms with Crippen molar-refractivity contribution in [2.45, 2.75) is 68.3 Å². The van der Waals surface area contributed by atoms with E-state index >= 15 is 0 Å². The normalized spacial score (nSPS) is 22.9. The topological polar surface area (TPSA) is 145 Å². The molecule has 3 fully saturated rings. The van der Waals surface area contributed by atoms with E-state index in [1.807, 2.05) is 4.90 Å². The second-order valence-electron chi connectivity index (χ2n) is 11.4. The minimum atomic E-state index is -4.02. The zero-order valence-electron chi connectivity index (χ0n) is 23.7. The molecule has 2 aromatic carbocycles. The van der Waals surface area contributed by atoms with E-state index in [9.17, 15) is 28.1 Å². The van der Waals surface area contributed by atoms with Crippen molar-refractivity contribution in [3.05, 3.63) is 58.1 Å². The first-order valence-corrected chi connectivity index (χ1v) is 16.0. The Labute approximate surface area is 245 Å². The van der Waals surface area contributed by atoms with E-state index in [1.54, 1.807) is 24.3 Å². The van der Waals surface area contributed by atoms with Gasteiger partial charge in [0.15, 0.2) is 0 Å². The van der Waals surface area contributed by atoms with Crippen LogP contribution in [0.4, 0.5) is 5.69 Å². The Morgan fingerprint density at radius 1 is 1.07 bits per heavy atom. The Hall–Kier alpha value is -3.35. The van der Waals surface area contributed by atoms with E-state index in [0.29, 0.717) is 68.9 Å². The van der Waals surface area contributed by atoms with Gasteiger partial charge in [0.1, 0.15) is 0 Å². The molecular weight excluding hydrogens is 562 g/mol. The molecule has 1 saturated heterocycles. The lowest BCUT2D eigenvalue weighted by Gasteiger charge is -2.39. The summed E-state index contributed by atoms with van der Waals surface area (Å²) in [7, 11) is -2.69. The fourth-order valence-electron chi connectivity index (χ4n) is 6.02. The van der Waals surface area contributed by atoms with E-state index in [2.05, 4.69) is 9.46 Å². The molecule has 0 bridgehead atoms. The second kappa shape index (κ2) is 12.9. The van der Waals surface area contributed by atoms with Crippen molar-refractivity contribution in [1.82, 2.24) is 9.62 Å². The molecule has 2 saturated carbocycles. The SMILES string of the molecule is COC(=O)CCc1ccc(-c2ccc(S(=O)(=O)NC3CCC(C(=O)N4CCOC[C@@H]4C4CC4)CC3)cc2[N+](=O)[O-])cc1. The van der Waals surface area contributed by atoms with Gasteiger partial charge in [0.05, 0.1) is 41.7 Å². The van der Waals surface area contributed by atoms with Crippen LogP contribution < -0.4 is 4.72 Å². The number of benzene rings is 2. The highest BCUT2D eigenvalue weighted by atomic mass is 32.2. The Morgan fingerprint density at radius 2 is 1.79 bits per heavy atom. The van der Waals surface area contributed by atoms with Crippen LogP contribution >= 0.6 is 0 Å². The lowest BCUT2D eigenvalue weighted by molar-refractivity contribution is -0.384. The molecule has 1 heterocycles. The predicted molar refractivity (Wildman–Crippen MR) is 154 cm³/mol. The number of ether oxygens (including phenoxy) is 2. The minimum Gasteiger partial charge on any atom is -0.469 e. The van der Waals surface area contributed by atoms with Crippen LogP contribution in [-0.4, -0.2) is 69.1 Å². The van der Waals surface area contributed by atoms with Crippen molar-refractivity contribution in [2.75, 3.05) is 26.9 Å². The molecule has 2 aromatic rings. The number of esters is 1. The van der Waals surface area contributed by atoms with Gasteiger partial charge in [-0.15, -0.1) is 0 Å². The van der Waals surface area contributed by atoms with Gasteiger partial charge in [-0.3, -0.25) is 19.7 Å². The number of rotatable bonds is 10. The molecule has 3 aliphatic rings. The molecule has 2 aliphatic carbocycles. The summed E-state index contributed by atoms with van der Waals surface area (Å²) in [5, 5.41) is 11.9. The summed E-state index contributed by atoms with van der Waals surface area (Å²) in [5.41, 5.74) is 1.42. The van der Waals surface area contributed by atoms with Gasteiger partial charge in [0.2, 0.25) is 15.9 Å². The van der Waals surface area contributed by atoms with E-state index in [1.165, 1.54) is 19.2 Å². The van der Waals surface area contributed by atoms with Crippen molar-refractivity contribution < 1.29 is 32.4 Å². The lowest BCUT2D eigenvalue weighted by Crippen LogP contribution is -2.52. The number of nitro groups is 1. The summed E-state index contributed by atoms with van der Waals surface area (Å²) >= 11 is 0. The number of aryl methyl sites for hydroxylation is 1. The third kappa shape index (κ3) is 6.99. The van der Waals surface area contributed by atoms with E-state index in [-0.39, 0.29) is 46.9 Å². The Bertz CT molecular complexity index is 1420. The summed E-state index contributed by atoms with van der Waals surface area (Å²) in [6, 6.07) is 10.7. The van der Waals surface area contributed by atoms with Gasteiger partial charge in [-0.2, -0.15) is 0 Å². The molecule has 42 heavy (non-hydrogen) atoms. The number of amides is 1. The fourth-order valence-corrected chi connectivity index (χ4v) is 7.35. The van der Waals surface area contributed by atoms with E-state index < -0.39 is 14.9 Å². The van der Waals surface area contributed by atoms with Gasteiger partial charge < -0.3 is 14.4 Å². The van der Waals surface area contributed by atoms with Crippen LogP contribution in [0.15, 0.2) is 47.4 Å². The maximum absolute atomic E-state index is 13.3. The molecular formula is C30H37N3O8S. The number of morpholine rings is 1. The van der Waals surface area contributed by atoms with E-state index in [0.717, 1.165) is 24.5 Å². The standard InChI is InChI=1S/C30H37N3O8S/c1-40-29(34)15-4-20-2-5-21(6-3-20)26-14-13-25(18-27(26)33(36)37)42(38,39)31-24-11-9-23(10-12-24)30(35)32-16-17-41-19-28(32)22-7-8-22/h2-3,5-6,13-14,18,22-24,28,31H,4,7-12,15-17,19H2,1H3/t23?,24?,28-/m1/s1. The summed E-state index contributed by atoms with van der Waals surface area (Å²) in [5.74, 6) is 0.235. The highest BCUT2D eigenvalue weighted by Crippen LogP contribution is 2.38. The number of hydrogen-bond donors (Lipinski definition) is 1. The second-order valence-corrected chi connectivity index (χ2v) is 13.1. The summed E-state index contributed by atoms with van der Waals surface area (Å²) in [6.45, 7) is 1.76. The molecule has 11 nitrogen and oxygen atoms in total. The monoisotopic (exact) mass is 599 g/mol. The summed E-state index contributed by atoms with van der Waals surface area (Å²) in [4.78, 5) is 37.9. The summed E-state index contributed by atoms with van der Waals surface area (Å²) in [6.07, 6.45) is 5.20. The third-order valence-corrected chi connectivity index (χ3v) is 10.1. The highest BCUT2D eigenvalue weighted by Gasteiger charge is 2.41. The van der Waals surface area contributed by atoms with Gasteiger partial charge in [-0.1, -0.05) is 24.3 Å². The smallest absolute Gasteiger partial charge is 0.305 e. The highest BCUT2D eigenvalue weighted by molar-refractivity contribution is 7.89. The first-order valence-electron chi connectivity index (χ1n) is 14.5. The number of carbonyl (C=O) groups excluding carboxylic acids is 2. The maximum Gasteiger partial charge on any atom is 0.305 e. The van der Waals surface area contributed by atoms with Crippen molar-refractivity contribution in [3.63, 3.8) is 0 Å². The quantitative estimate of drug-likeness (QED) is 0.246. The van der Waals surface area contributed by atoms with Crippen LogP contribution in [0.25, 0.3) is 11.1 Å². The Kier molecular flexibility index (Phi) is 9.24. The average Bonchev–Trinajstić information content (AvgIpc) is 3.85. The number of nitrogens with zero attached hydrogens (tertiary/aromatic N) is 2. The molecule has 12 heteroatoms. The van der Waals surface area contributed by atoms with Crippen LogP contribution in [0.1, 0.15) is 50.5 Å². The molecule has 0 spiro atoms.